The molecule has 0 aliphatic heterocycles. The minimum Gasteiger partial charge on any atom is -0.356 e. The van der Waals surface area contributed by atoms with Gasteiger partial charge in [0.15, 0.2) is 0 Å². The lowest BCUT2D eigenvalue weighted by Gasteiger charge is -2.16. The maximum Gasteiger partial charge on any atom is 0.404 e. The van der Waals surface area contributed by atoms with Crippen LogP contribution in [0.2, 0.25) is 0 Å². The van der Waals surface area contributed by atoms with Crippen LogP contribution in [0.4, 0.5) is 13.2 Å². The molecule has 2 N–H and O–H groups in total. The van der Waals surface area contributed by atoms with Gasteiger partial charge in [0, 0.05) is 6.20 Å². The van der Waals surface area contributed by atoms with Crippen LogP contribution in [0.25, 0.3) is 0 Å². The molecule has 1 atom stereocenters. The van der Waals surface area contributed by atoms with Crippen molar-refractivity contribution in [2.45, 2.75) is 19.1 Å². The van der Waals surface area contributed by atoms with Crippen molar-refractivity contribution in [1.82, 2.24) is 9.71 Å². The summed E-state index contributed by atoms with van der Waals surface area (Å²) in [7, 11) is -4.83. The average molecular weight is 286 g/mol. The summed E-state index contributed by atoms with van der Waals surface area (Å²) in [5, 5.41) is 0. The Morgan fingerprint density at radius 2 is 2.11 bits per heavy atom. The Hall–Kier alpha value is -1.55. The number of rotatable bonds is 4. The molecule has 0 saturated carbocycles. The van der Waals surface area contributed by atoms with Crippen LogP contribution in [0, 0.1) is 0 Å². The summed E-state index contributed by atoms with van der Waals surface area (Å²) in [6, 6.07) is 0.249. The molecular weight excluding hydrogens is 277 g/mol. The second kappa shape index (κ2) is 4.98. The van der Waals surface area contributed by atoms with E-state index in [1.54, 1.807) is 0 Å². The van der Waals surface area contributed by atoms with E-state index < -0.39 is 28.5 Å². The summed E-state index contributed by atoms with van der Waals surface area (Å²) < 4.78 is 63.7. The van der Waals surface area contributed by atoms with Gasteiger partial charge in [-0.05, 0) is 19.1 Å². The number of hydrogen-bond acceptors (Lipinski definition) is 4. The molecule has 0 fully saturated rings. The second-order valence-corrected chi connectivity index (χ2v) is 4.60. The van der Waals surface area contributed by atoms with E-state index in [-0.39, 0.29) is 5.69 Å². The van der Waals surface area contributed by atoms with E-state index in [9.17, 15) is 26.4 Å². The molecule has 0 spiro atoms. The largest absolute Gasteiger partial charge is 0.404 e. The molecular formula is C8H9F3N2O4S. The lowest BCUT2D eigenvalue weighted by Crippen LogP contribution is -2.44. The smallest absolute Gasteiger partial charge is 0.356 e. The number of H-pyrrole nitrogens is 1. The van der Waals surface area contributed by atoms with Crippen LogP contribution in [0.3, 0.4) is 0 Å². The molecule has 0 amide bonds. The van der Waals surface area contributed by atoms with Crippen LogP contribution in [-0.4, -0.2) is 31.6 Å². The fourth-order valence-electron chi connectivity index (χ4n) is 0.909. The lowest BCUT2D eigenvalue weighted by atomic mass is 10.4. The Kier molecular flexibility index (Phi) is 4.02. The average Bonchev–Trinajstić information content (AvgIpc) is 2.66. The number of aromatic amines is 1. The molecule has 1 aromatic heterocycles. The number of carbonyl (C=O) groups is 1. The molecule has 1 aromatic rings. The van der Waals surface area contributed by atoms with E-state index in [1.165, 1.54) is 23.1 Å². The van der Waals surface area contributed by atoms with Crippen molar-refractivity contribution in [2.24, 2.45) is 0 Å². The van der Waals surface area contributed by atoms with Gasteiger partial charge >= 0.3 is 22.4 Å². The number of aromatic nitrogens is 1. The van der Waals surface area contributed by atoms with Gasteiger partial charge in [0.25, 0.3) is 0 Å². The minimum absolute atomic E-state index is 0.194. The first-order chi connectivity index (χ1) is 8.12. The van der Waals surface area contributed by atoms with E-state index in [0.29, 0.717) is 6.92 Å². The van der Waals surface area contributed by atoms with Crippen molar-refractivity contribution >= 4 is 16.3 Å². The van der Waals surface area contributed by atoms with Crippen LogP contribution >= 0.6 is 0 Å². The first-order valence-electron chi connectivity index (χ1n) is 4.58. The van der Waals surface area contributed by atoms with Crippen LogP contribution < -0.4 is 4.72 Å². The number of alkyl halides is 3. The minimum atomic E-state index is -4.83. The molecule has 102 valence electrons. The highest BCUT2D eigenvalue weighted by Gasteiger charge is 2.39. The maximum absolute atomic E-state index is 12.1. The molecule has 0 aromatic carbocycles. The Labute approximate surface area is 100 Å². The van der Waals surface area contributed by atoms with Gasteiger partial charge in [0.2, 0.25) is 0 Å². The van der Waals surface area contributed by atoms with Crippen LogP contribution in [0.15, 0.2) is 18.3 Å². The molecule has 10 heteroatoms. The molecule has 0 bridgehead atoms. The molecule has 18 heavy (non-hydrogen) atoms. The third kappa shape index (κ3) is 4.04. The second-order valence-electron chi connectivity index (χ2n) is 3.29. The van der Waals surface area contributed by atoms with E-state index in [2.05, 4.69) is 9.17 Å². The van der Waals surface area contributed by atoms with Gasteiger partial charge in [-0.15, -0.1) is 0 Å². The number of halogens is 3. The van der Waals surface area contributed by atoms with Crippen molar-refractivity contribution in [1.29, 1.82) is 0 Å². The fourth-order valence-corrected chi connectivity index (χ4v) is 1.81. The zero-order valence-corrected chi connectivity index (χ0v) is 9.80. The van der Waals surface area contributed by atoms with Gasteiger partial charge in [-0.3, -0.25) is 0 Å². The molecule has 0 aliphatic rings. The van der Waals surface area contributed by atoms with E-state index in [1.807, 2.05) is 0 Å². The standard InChI is InChI=1S/C8H9F3N2O4S/c1-5(8(9,10)11)13-18(15,16)17-7(14)6-3-2-4-12-6/h2-5,12-13H,1H3/t5-/m0/s1. The highest BCUT2D eigenvalue weighted by molar-refractivity contribution is 7.85. The lowest BCUT2D eigenvalue weighted by molar-refractivity contribution is -0.147. The quantitative estimate of drug-likeness (QED) is 0.862. The summed E-state index contributed by atoms with van der Waals surface area (Å²) in [6.45, 7) is 0.583. The van der Waals surface area contributed by atoms with Crippen molar-refractivity contribution in [2.75, 3.05) is 0 Å². The number of carbonyl (C=O) groups excluding carboxylic acids is 1. The molecule has 0 saturated heterocycles. The molecule has 6 nitrogen and oxygen atoms in total. The summed E-state index contributed by atoms with van der Waals surface area (Å²) in [5.41, 5.74) is -0.194. The van der Waals surface area contributed by atoms with Crippen LogP contribution in [-0.2, 0) is 14.5 Å². The van der Waals surface area contributed by atoms with Crippen LogP contribution in [0.1, 0.15) is 17.4 Å². The first-order valence-corrected chi connectivity index (χ1v) is 5.99. The van der Waals surface area contributed by atoms with Crippen LogP contribution in [0.5, 0.6) is 0 Å². The summed E-state index contributed by atoms with van der Waals surface area (Å²) >= 11 is 0. The predicted octanol–water partition coefficient (Wildman–Crippen LogP) is 0.957. The highest BCUT2D eigenvalue weighted by Crippen LogP contribution is 2.20. The molecule has 0 radical (unpaired) electrons. The van der Waals surface area contributed by atoms with Crippen molar-refractivity contribution in [3.05, 3.63) is 24.0 Å². The van der Waals surface area contributed by atoms with E-state index >= 15 is 0 Å². The third-order valence-corrected chi connectivity index (χ3v) is 2.83. The zero-order chi connectivity index (χ0) is 14.0. The van der Waals surface area contributed by atoms with E-state index in [4.69, 9.17) is 0 Å². The SMILES string of the molecule is C[C@H](NS(=O)(=O)OC(=O)c1ccc[nH]1)C(F)(F)F. The Morgan fingerprint density at radius 1 is 1.50 bits per heavy atom. The van der Waals surface area contributed by atoms with E-state index in [0.717, 1.165) is 0 Å². The highest BCUT2D eigenvalue weighted by atomic mass is 32.2. The first kappa shape index (κ1) is 14.5. The molecule has 1 rings (SSSR count). The Balaban J connectivity index is 2.69. The van der Waals surface area contributed by atoms with Gasteiger partial charge in [0.05, 0.1) is 0 Å². The predicted molar refractivity (Wildman–Crippen MR) is 53.8 cm³/mol. The zero-order valence-electron chi connectivity index (χ0n) is 8.98. The summed E-state index contributed by atoms with van der Waals surface area (Å²) in [6.07, 6.45) is -3.44. The molecule has 0 unspecified atom stereocenters. The van der Waals surface area contributed by atoms with Crippen molar-refractivity contribution in [3.8, 4) is 0 Å². The van der Waals surface area contributed by atoms with Gasteiger partial charge in [-0.25, -0.2) is 4.79 Å². The number of nitrogens with one attached hydrogen (secondary N) is 2. The summed E-state index contributed by atoms with van der Waals surface area (Å²) in [4.78, 5) is 13.6. The summed E-state index contributed by atoms with van der Waals surface area (Å²) in [5.74, 6) is -1.30. The maximum atomic E-state index is 12.1. The fraction of sp³-hybridized carbons (Fsp3) is 0.375. The number of hydrogen-bond donors (Lipinski definition) is 2. The molecule has 0 aliphatic carbocycles. The topological polar surface area (TPSA) is 88.3 Å². The monoisotopic (exact) mass is 286 g/mol. The third-order valence-electron chi connectivity index (χ3n) is 1.82. The Morgan fingerprint density at radius 3 is 2.56 bits per heavy atom. The normalized spacial score (nSPS) is 14.2. The van der Waals surface area contributed by atoms with Gasteiger partial charge in [-0.2, -0.15) is 26.3 Å². The van der Waals surface area contributed by atoms with Crippen molar-refractivity contribution < 1.29 is 30.6 Å². The van der Waals surface area contributed by atoms with Gasteiger partial charge in [0.1, 0.15) is 11.7 Å². The Bertz CT molecular complexity index is 509. The van der Waals surface area contributed by atoms with Gasteiger partial charge in [-0.1, -0.05) is 0 Å². The van der Waals surface area contributed by atoms with Crippen molar-refractivity contribution in [3.63, 3.8) is 0 Å². The van der Waals surface area contributed by atoms with Gasteiger partial charge < -0.3 is 9.17 Å². The molecule has 1 heterocycles.